The highest BCUT2D eigenvalue weighted by Gasteiger charge is 2.61. The summed E-state index contributed by atoms with van der Waals surface area (Å²) < 4.78 is 39.9. The molecule has 1 heterocycles. The van der Waals surface area contributed by atoms with Crippen molar-refractivity contribution in [2.24, 2.45) is 46.8 Å². The first-order valence-electron chi connectivity index (χ1n) is 12.7. The van der Waals surface area contributed by atoms with Gasteiger partial charge in [-0.1, -0.05) is 13.8 Å². The fourth-order valence-electron chi connectivity index (χ4n) is 8.99. The minimum atomic E-state index is -4.49. The van der Waals surface area contributed by atoms with Crippen molar-refractivity contribution in [3.8, 4) is 0 Å². The summed E-state index contributed by atoms with van der Waals surface area (Å²) in [5.74, 6) is 3.50. The van der Waals surface area contributed by atoms with E-state index in [1.165, 1.54) is 19.0 Å². The number of alkyl halides is 3. The number of Topliss-reactive ketones (excluding diaryl/α,β-unsaturated/α-hetero) is 1. The van der Waals surface area contributed by atoms with Crippen molar-refractivity contribution in [1.82, 2.24) is 9.78 Å². The fourth-order valence-corrected chi connectivity index (χ4v) is 8.99. The predicted molar refractivity (Wildman–Crippen MR) is 118 cm³/mol. The van der Waals surface area contributed by atoms with Gasteiger partial charge in [0, 0.05) is 12.1 Å². The molecule has 0 aliphatic heterocycles. The molecule has 1 aromatic heterocycles. The highest BCUT2D eigenvalue weighted by atomic mass is 19.4. The summed E-state index contributed by atoms with van der Waals surface area (Å²) in [6.45, 7) is 6.47. The third-order valence-corrected chi connectivity index (χ3v) is 10.2. The Bertz CT molecular complexity index is 910. The van der Waals surface area contributed by atoms with Crippen LogP contribution in [0.3, 0.4) is 0 Å². The largest absolute Gasteiger partial charge is 0.435 e. The van der Waals surface area contributed by atoms with Crippen molar-refractivity contribution in [2.75, 3.05) is 0 Å². The van der Waals surface area contributed by atoms with E-state index >= 15 is 0 Å². The Kier molecular flexibility index (Phi) is 5.54. The molecule has 0 radical (unpaired) electrons. The van der Waals surface area contributed by atoms with E-state index in [0.29, 0.717) is 35.5 Å². The normalized spacial score (nSPS) is 45.2. The number of carbonyl (C=O) groups is 1. The summed E-state index contributed by atoms with van der Waals surface area (Å²) >= 11 is 0. The number of hydrogen-bond acceptors (Lipinski definition) is 3. The number of nitrogens with zero attached hydrogens (tertiary/aromatic N) is 2. The molecule has 9 atom stereocenters. The first-order valence-corrected chi connectivity index (χ1v) is 12.7. The molecule has 4 aliphatic rings. The molecular weight excluding hydrogens is 429 g/mol. The van der Waals surface area contributed by atoms with Crippen LogP contribution in [-0.4, -0.2) is 26.3 Å². The summed E-state index contributed by atoms with van der Waals surface area (Å²) in [4.78, 5) is 13.4. The predicted octanol–water partition coefficient (Wildman–Crippen LogP) is 5.74. The van der Waals surface area contributed by atoms with E-state index in [1.54, 1.807) is 0 Å². The molecule has 0 amide bonds. The van der Waals surface area contributed by atoms with Crippen molar-refractivity contribution in [3.05, 3.63) is 18.0 Å². The number of halogens is 3. The molecule has 0 saturated heterocycles. The number of hydrogen-bond donors (Lipinski definition) is 1. The Labute approximate surface area is 194 Å². The second-order valence-corrected chi connectivity index (χ2v) is 12.3. The molecule has 8 unspecified atom stereocenters. The Morgan fingerprint density at radius 2 is 1.88 bits per heavy atom. The number of fused-ring (bicyclic) bond motifs is 5. The molecule has 0 bridgehead atoms. The molecule has 7 heteroatoms. The summed E-state index contributed by atoms with van der Waals surface area (Å²) in [5, 5.41) is 14.2. The Hall–Kier alpha value is -1.37. The molecule has 4 aliphatic carbocycles. The van der Waals surface area contributed by atoms with E-state index in [1.807, 2.05) is 6.92 Å². The molecule has 5 rings (SSSR count). The zero-order chi connectivity index (χ0) is 23.8. The van der Waals surface area contributed by atoms with Gasteiger partial charge in [0.1, 0.15) is 0 Å². The molecule has 1 N–H and O–H groups in total. The van der Waals surface area contributed by atoms with Crippen LogP contribution in [0.15, 0.2) is 12.3 Å². The maximum absolute atomic E-state index is 13.4. The highest BCUT2D eigenvalue weighted by Crippen LogP contribution is 2.66. The average Bonchev–Trinajstić information content (AvgIpc) is 3.29. The van der Waals surface area contributed by atoms with Gasteiger partial charge in [-0.15, -0.1) is 0 Å². The standard InChI is InChI=1S/C26H37F3N2O2/c1-15-12-20(21(32)14-31-11-8-22(30-31)26(27,28)29)25(3)10-7-18-17-6-9-24(2,33)13-16(17)4-5-19(18)23(15)25/h8,11,15-20,23,33H,4-7,9-10,12-14H2,1-3H3/t15?,16?,17?,18?,19?,20-,23?,24?,25?/m1/s1. The van der Waals surface area contributed by atoms with Crippen molar-refractivity contribution >= 4 is 5.78 Å². The van der Waals surface area contributed by atoms with Crippen molar-refractivity contribution in [2.45, 2.75) is 90.5 Å². The Morgan fingerprint density at radius 3 is 2.58 bits per heavy atom. The third-order valence-electron chi connectivity index (χ3n) is 10.2. The second kappa shape index (κ2) is 7.82. The van der Waals surface area contributed by atoms with Gasteiger partial charge in [-0.2, -0.15) is 18.3 Å². The van der Waals surface area contributed by atoms with Crippen LogP contribution in [0.1, 0.15) is 77.8 Å². The zero-order valence-corrected chi connectivity index (χ0v) is 19.9. The molecule has 4 fully saturated rings. The smallest absolute Gasteiger partial charge is 0.390 e. The Balaban J connectivity index is 1.32. The van der Waals surface area contributed by atoms with Crippen LogP contribution >= 0.6 is 0 Å². The number of aliphatic hydroxyl groups is 1. The summed E-state index contributed by atoms with van der Waals surface area (Å²) in [6, 6.07) is 0.945. The van der Waals surface area contributed by atoms with E-state index in [9.17, 15) is 23.1 Å². The minimum absolute atomic E-state index is 0.0320. The van der Waals surface area contributed by atoms with E-state index in [0.717, 1.165) is 49.3 Å². The molecular formula is C26H37F3N2O2. The lowest BCUT2D eigenvalue weighted by atomic mass is 9.48. The lowest BCUT2D eigenvalue weighted by Gasteiger charge is -2.57. The van der Waals surface area contributed by atoms with Crippen LogP contribution < -0.4 is 0 Å². The van der Waals surface area contributed by atoms with Crippen LogP contribution in [0, 0.1) is 46.8 Å². The first-order chi connectivity index (χ1) is 15.4. The first kappa shape index (κ1) is 23.4. The Morgan fingerprint density at radius 1 is 1.15 bits per heavy atom. The lowest BCUT2D eigenvalue weighted by molar-refractivity contribution is -0.142. The third kappa shape index (κ3) is 3.96. The van der Waals surface area contributed by atoms with E-state index in [-0.39, 0.29) is 23.7 Å². The van der Waals surface area contributed by atoms with Crippen LogP contribution in [0.5, 0.6) is 0 Å². The maximum atomic E-state index is 13.4. The maximum Gasteiger partial charge on any atom is 0.435 e. The van der Waals surface area contributed by atoms with E-state index < -0.39 is 17.5 Å². The molecule has 184 valence electrons. The van der Waals surface area contributed by atoms with Crippen molar-refractivity contribution in [1.29, 1.82) is 0 Å². The molecule has 4 nitrogen and oxygen atoms in total. The van der Waals surface area contributed by atoms with Crippen LogP contribution in [0.4, 0.5) is 13.2 Å². The minimum Gasteiger partial charge on any atom is -0.390 e. The highest BCUT2D eigenvalue weighted by molar-refractivity contribution is 5.82. The van der Waals surface area contributed by atoms with Crippen molar-refractivity contribution in [3.63, 3.8) is 0 Å². The van der Waals surface area contributed by atoms with Gasteiger partial charge in [-0.3, -0.25) is 9.48 Å². The monoisotopic (exact) mass is 466 g/mol. The van der Waals surface area contributed by atoms with Gasteiger partial charge in [0.25, 0.3) is 0 Å². The quantitative estimate of drug-likeness (QED) is 0.618. The fraction of sp³-hybridized carbons (Fsp3) is 0.846. The van der Waals surface area contributed by atoms with Crippen LogP contribution in [0.25, 0.3) is 0 Å². The zero-order valence-electron chi connectivity index (χ0n) is 19.9. The average molecular weight is 467 g/mol. The molecule has 0 spiro atoms. The summed E-state index contributed by atoms with van der Waals surface area (Å²) in [5.41, 5.74) is -1.54. The molecule has 4 saturated carbocycles. The second-order valence-electron chi connectivity index (χ2n) is 12.3. The number of rotatable bonds is 3. The van der Waals surface area contributed by atoms with Gasteiger partial charge in [0.15, 0.2) is 11.5 Å². The van der Waals surface area contributed by atoms with Gasteiger partial charge >= 0.3 is 6.18 Å². The van der Waals surface area contributed by atoms with Crippen LogP contribution in [0.2, 0.25) is 0 Å². The number of ketones is 1. The molecule has 33 heavy (non-hydrogen) atoms. The van der Waals surface area contributed by atoms with E-state index in [4.69, 9.17) is 0 Å². The topological polar surface area (TPSA) is 55.1 Å². The number of carbonyl (C=O) groups excluding carboxylic acids is 1. The SMILES string of the molecule is CC1C[C@H](C(=O)Cn2ccc(C(F)(F)F)n2)C2(C)CCC3C4CCC(C)(O)CC4CCC3C12. The van der Waals surface area contributed by atoms with Gasteiger partial charge in [-0.05, 0) is 105 Å². The number of aromatic nitrogens is 2. The summed E-state index contributed by atoms with van der Waals surface area (Å²) in [7, 11) is 0. The van der Waals surface area contributed by atoms with Crippen molar-refractivity contribution < 1.29 is 23.1 Å². The lowest BCUT2D eigenvalue weighted by Crippen LogP contribution is -2.51. The van der Waals surface area contributed by atoms with Crippen LogP contribution in [-0.2, 0) is 17.5 Å². The van der Waals surface area contributed by atoms with Gasteiger partial charge < -0.3 is 5.11 Å². The van der Waals surface area contributed by atoms with Gasteiger partial charge in [-0.25, -0.2) is 0 Å². The van der Waals surface area contributed by atoms with E-state index in [2.05, 4.69) is 18.9 Å². The molecule has 1 aromatic rings. The van der Waals surface area contributed by atoms with Gasteiger partial charge in [0.05, 0.1) is 12.1 Å². The van der Waals surface area contributed by atoms with Gasteiger partial charge in [0.2, 0.25) is 0 Å². The summed E-state index contributed by atoms with van der Waals surface area (Å²) in [6.07, 6.45) is 5.05. The molecule has 0 aromatic carbocycles.